The van der Waals surface area contributed by atoms with E-state index in [9.17, 15) is 29.4 Å². The summed E-state index contributed by atoms with van der Waals surface area (Å²) in [4.78, 5) is 55.2. The predicted octanol–water partition coefficient (Wildman–Crippen LogP) is 6.74. The van der Waals surface area contributed by atoms with Crippen LogP contribution in [0.15, 0.2) is 126 Å². The first kappa shape index (κ1) is 47.0. The van der Waals surface area contributed by atoms with Crippen LogP contribution in [0.5, 0.6) is 11.5 Å². The smallest absolute Gasteiger partial charge is 0.411 e. The summed E-state index contributed by atoms with van der Waals surface area (Å²) in [6.07, 6.45) is 0.983. The first-order valence-corrected chi connectivity index (χ1v) is 22.4. The molecule has 1 aliphatic heterocycles. The molecule has 1 aromatic heterocycles. The number of benzene rings is 5. The highest BCUT2D eigenvalue weighted by molar-refractivity contribution is 5.91. The minimum Gasteiger partial charge on any atom is -0.506 e. The van der Waals surface area contributed by atoms with Gasteiger partial charge >= 0.3 is 6.09 Å². The number of rotatable bonds is 19. The first-order chi connectivity index (χ1) is 32.0. The second-order valence-electron chi connectivity index (χ2n) is 16.7. The van der Waals surface area contributed by atoms with Crippen LogP contribution >= 0.6 is 0 Å². The fourth-order valence-electron chi connectivity index (χ4n) is 8.25. The quantitative estimate of drug-likeness (QED) is 0.0458. The number of aromatic amines is 1. The maximum atomic E-state index is 13.0. The molecule has 1 aliphatic rings. The minimum absolute atomic E-state index is 0.0350. The number of methoxy groups -OCH3 is 1. The van der Waals surface area contributed by atoms with Crippen LogP contribution in [0, 0.1) is 0 Å². The molecule has 2 heterocycles. The second-order valence-corrected chi connectivity index (χ2v) is 16.7. The Morgan fingerprint density at radius 3 is 2.23 bits per heavy atom. The Morgan fingerprint density at radius 1 is 0.818 bits per heavy atom. The molecule has 2 atom stereocenters. The van der Waals surface area contributed by atoms with Crippen LogP contribution in [-0.2, 0) is 40.3 Å². The number of H-pyrrole nitrogens is 1. The van der Waals surface area contributed by atoms with Crippen molar-refractivity contribution < 1.29 is 34.1 Å². The van der Waals surface area contributed by atoms with Crippen molar-refractivity contribution in [1.29, 1.82) is 0 Å². The Kier molecular flexibility index (Phi) is 16.2. The van der Waals surface area contributed by atoms with Gasteiger partial charge in [0.05, 0.1) is 30.8 Å². The number of aromatic nitrogens is 1. The number of para-hydroxylation sites is 1. The summed E-state index contributed by atoms with van der Waals surface area (Å²) in [5.41, 5.74) is 6.82. The molecule has 66 heavy (non-hydrogen) atoms. The van der Waals surface area contributed by atoms with Gasteiger partial charge in [0.15, 0.2) is 0 Å². The molecule has 0 bridgehead atoms. The molecule has 1 fully saturated rings. The van der Waals surface area contributed by atoms with Gasteiger partial charge in [-0.2, -0.15) is 0 Å². The number of carbonyl (C=O) groups is 3. The molecule has 1 unspecified atom stereocenters. The Balaban J connectivity index is 0.782. The Labute approximate surface area is 384 Å². The fourth-order valence-corrected chi connectivity index (χ4v) is 8.25. The van der Waals surface area contributed by atoms with Gasteiger partial charge in [-0.1, -0.05) is 91.0 Å². The molecule has 7 N–H and O–H groups in total. The summed E-state index contributed by atoms with van der Waals surface area (Å²) in [6.45, 7) is 5.10. The summed E-state index contributed by atoms with van der Waals surface area (Å²) in [7, 11) is 1.61. The van der Waals surface area contributed by atoms with Gasteiger partial charge in [0.2, 0.25) is 17.4 Å². The number of hydrogen-bond acceptors (Lipinski definition) is 10. The minimum atomic E-state index is -0.894. The average molecular weight is 895 g/mol. The van der Waals surface area contributed by atoms with E-state index >= 15 is 0 Å². The lowest BCUT2D eigenvalue weighted by Crippen LogP contribution is -2.40. The van der Waals surface area contributed by atoms with E-state index in [1.165, 1.54) is 12.1 Å². The lowest BCUT2D eigenvalue weighted by molar-refractivity contribution is -0.122. The summed E-state index contributed by atoms with van der Waals surface area (Å²) in [5.74, 6) is 0.477. The normalized spacial score (nSPS) is 14.0. The van der Waals surface area contributed by atoms with E-state index in [0.29, 0.717) is 67.7 Å². The van der Waals surface area contributed by atoms with Crippen molar-refractivity contribution in [2.75, 3.05) is 38.6 Å². The van der Waals surface area contributed by atoms with Crippen LogP contribution in [0.3, 0.4) is 0 Å². The van der Waals surface area contributed by atoms with Gasteiger partial charge in [0.25, 0.3) is 0 Å². The number of phenolic OH excluding ortho intramolecular Hbond substituents is 1. The number of aliphatic hydroxyl groups excluding tert-OH is 1. The van der Waals surface area contributed by atoms with Crippen LogP contribution in [0.4, 0.5) is 10.5 Å². The average Bonchev–Trinajstić information content (AvgIpc) is 3.33. The maximum absolute atomic E-state index is 13.0. The number of fused-ring (bicyclic) bond motifs is 1. The third kappa shape index (κ3) is 13.1. The number of piperidine rings is 1. The Bertz CT molecular complexity index is 2650. The standard InChI is InChI=1S/C52H58N6O8/c1-34(53-33-46(60)42-17-19-45(59)51-43(42)18-21-49(62)57-51)28-39-29-37(16-20-47(39)65-2)30-50(63)55-32-36-14-12-35(13-15-36)31-54-48(61)24-27-58-25-22-40(23-26-58)66-52(64)56-44-11-7-6-10-41(44)38-8-4-3-5-9-38/h3-21,29,34,40,46,53,59-60H,22-28,30-33H2,1-2H3,(H,54,61)(H,55,63)(H,56,64)(H,57,62)/t34?,46-/m1/s1. The van der Waals surface area contributed by atoms with Crippen molar-refractivity contribution in [2.24, 2.45) is 0 Å². The van der Waals surface area contributed by atoms with Gasteiger partial charge in [-0.05, 0) is 83.8 Å². The summed E-state index contributed by atoms with van der Waals surface area (Å²) < 4.78 is 11.4. The maximum Gasteiger partial charge on any atom is 0.411 e. The van der Waals surface area contributed by atoms with Gasteiger partial charge in [0.1, 0.15) is 17.6 Å². The molecule has 6 aromatic rings. The summed E-state index contributed by atoms with van der Waals surface area (Å²) in [6, 6.07) is 37.0. The van der Waals surface area contributed by atoms with Gasteiger partial charge in [-0.15, -0.1) is 0 Å². The van der Waals surface area contributed by atoms with Crippen molar-refractivity contribution in [2.45, 2.75) is 70.4 Å². The molecule has 344 valence electrons. The number of aliphatic hydroxyl groups is 1. The highest BCUT2D eigenvalue weighted by Crippen LogP contribution is 2.30. The lowest BCUT2D eigenvalue weighted by atomic mass is 10.00. The molecule has 14 heteroatoms. The fraction of sp³-hybridized carbons (Fsp3) is 0.308. The second kappa shape index (κ2) is 22.8. The van der Waals surface area contributed by atoms with Gasteiger partial charge in [-0.25, -0.2) is 4.79 Å². The number of anilines is 1. The van der Waals surface area contributed by atoms with E-state index in [1.54, 1.807) is 19.2 Å². The number of hydrogen-bond donors (Lipinski definition) is 7. The van der Waals surface area contributed by atoms with E-state index in [4.69, 9.17) is 9.47 Å². The zero-order valence-electron chi connectivity index (χ0n) is 37.3. The van der Waals surface area contributed by atoms with Crippen LogP contribution in [0.25, 0.3) is 22.0 Å². The molecular weight excluding hydrogens is 837 g/mol. The summed E-state index contributed by atoms with van der Waals surface area (Å²) >= 11 is 0. The number of nitrogens with one attached hydrogen (secondary N) is 5. The van der Waals surface area contributed by atoms with Gasteiger partial charge < -0.3 is 45.5 Å². The Morgan fingerprint density at radius 2 is 1.50 bits per heavy atom. The number of carbonyl (C=O) groups excluding carboxylic acids is 3. The zero-order valence-corrected chi connectivity index (χ0v) is 37.3. The van der Waals surface area contributed by atoms with Crippen molar-refractivity contribution in [3.8, 4) is 22.6 Å². The molecule has 7 rings (SSSR count). The number of nitrogens with zero attached hydrogens (tertiary/aromatic N) is 1. The highest BCUT2D eigenvalue weighted by Gasteiger charge is 2.23. The third-order valence-electron chi connectivity index (χ3n) is 11.9. The van der Waals surface area contributed by atoms with Crippen molar-refractivity contribution in [1.82, 2.24) is 25.8 Å². The highest BCUT2D eigenvalue weighted by atomic mass is 16.6. The largest absolute Gasteiger partial charge is 0.506 e. The molecule has 1 saturated heterocycles. The number of aromatic hydroxyl groups is 1. The third-order valence-corrected chi connectivity index (χ3v) is 11.9. The molecule has 0 spiro atoms. The van der Waals surface area contributed by atoms with Crippen LogP contribution < -0.4 is 31.6 Å². The zero-order chi connectivity index (χ0) is 46.4. The number of ether oxygens (including phenoxy) is 2. The van der Waals surface area contributed by atoms with E-state index in [-0.39, 0.29) is 53.8 Å². The number of amides is 3. The Hall–Kier alpha value is -7.00. The van der Waals surface area contributed by atoms with E-state index in [1.807, 2.05) is 104 Å². The number of likely N-dealkylation sites (tertiary alicyclic amines) is 1. The number of pyridine rings is 1. The topological polar surface area (TPSA) is 194 Å². The van der Waals surface area contributed by atoms with E-state index < -0.39 is 12.2 Å². The monoisotopic (exact) mass is 894 g/mol. The molecular formula is C52H58N6O8. The SMILES string of the molecule is COc1ccc(CC(=O)NCc2ccc(CNC(=O)CCN3CCC(OC(=O)Nc4ccccc4-c4ccccc4)CC3)cc2)cc1CC(C)NC[C@@H](O)c1ccc(O)c2[nH]c(=O)ccc12. The molecule has 0 saturated carbocycles. The van der Waals surface area contributed by atoms with Gasteiger partial charge in [-0.3, -0.25) is 19.7 Å². The van der Waals surface area contributed by atoms with Gasteiger partial charge in [0, 0.05) is 68.7 Å². The van der Waals surface area contributed by atoms with Crippen molar-refractivity contribution in [3.63, 3.8) is 0 Å². The predicted molar refractivity (Wildman–Crippen MR) is 255 cm³/mol. The van der Waals surface area contributed by atoms with Crippen LogP contribution in [0.2, 0.25) is 0 Å². The molecule has 0 aliphatic carbocycles. The molecule has 0 radical (unpaired) electrons. The summed E-state index contributed by atoms with van der Waals surface area (Å²) in [5, 5.41) is 34.1. The number of phenols is 1. The van der Waals surface area contributed by atoms with E-state index in [2.05, 4.69) is 31.2 Å². The van der Waals surface area contributed by atoms with Crippen molar-refractivity contribution >= 4 is 34.5 Å². The molecule has 3 amide bonds. The van der Waals surface area contributed by atoms with Crippen molar-refractivity contribution in [3.05, 3.63) is 159 Å². The first-order valence-electron chi connectivity index (χ1n) is 22.4. The lowest BCUT2D eigenvalue weighted by Gasteiger charge is -2.31. The van der Waals surface area contributed by atoms with Crippen LogP contribution in [-0.4, -0.2) is 83.4 Å². The van der Waals surface area contributed by atoms with Crippen LogP contribution in [0.1, 0.15) is 60.1 Å². The molecule has 14 nitrogen and oxygen atoms in total. The molecule has 5 aromatic carbocycles. The van der Waals surface area contributed by atoms with E-state index in [0.717, 1.165) is 46.5 Å².